The molecule has 36 heavy (non-hydrogen) atoms. The van der Waals surface area contributed by atoms with Gasteiger partial charge in [-0.1, -0.05) is 0 Å². The summed E-state index contributed by atoms with van der Waals surface area (Å²) in [5.41, 5.74) is 1.40. The zero-order valence-electron chi connectivity index (χ0n) is 19.4. The molecule has 3 aromatic heterocycles. The molecule has 14 heteroatoms. The number of aliphatic hydroxyl groups is 1. The molecule has 0 bridgehead atoms. The zero-order chi connectivity index (χ0) is 25.3. The molecule has 0 radical (unpaired) electrons. The minimum atomic E-state index is -4.08. The third kappa shape index (κ3) is 5.79. The average molecular weight is 534 g/mol. The van der Waals surface area contributed by atoms with Gasteiger partial charge in [0, 0.05) is 50.2 Å². The molecule has 1 saturated carbocycles. The number of nitrogens with one attached hydrogen (secondary N) is 1. The predicted octanol–water partition coefficient (Wildman–Crippen LogP) is 0.753. The standard InChI is InChI=1S/C22H27N7O5S2/c23-36(32,33)34-11-15-6-16(7-18(15)30)27-22-17(8-24-13-26-22)21(31)19-5-14(12-35-19)9-28-3-4-29-2-1-25-20(29)10-28/h1-2,5,8,12-13,15-16,18,30H,3-4,6-7,9-11H2,(H2,23,32,33)(H,24,26,27)/t15?,16-,18+/m1/s1. The van der Waals surface area contributed by atoms with Crippen molar-refractivity contribution in [1.82, 2.24) is 24.4 Å². The van der Waals surface area contributed by atoms with E-state index in [1.54, 1.807) is 0 Å². The lowest BCUT2D eigenvalue weighted by Crippen LogP contribution is -2.33. The summed E-state index contributed by atoms with van der Waals surface area (Å²) in [5, 5.41) is 20.4. The molecule has 4 heterocycles. The van der Waals surface area contributed by atoms with Crippen molar-refractivity contribution in [3.05, 3.63) is 58.2 Å². The first-order chi connectivity index (χ1) is 17.2. The summed E-state index contributed by atoms with van der Waals surface area (Å²) in [6, 6.07) is 1.69. The number of imidazole rings is 1. The summed E-state index contributed by atoms with van der Waals surface area (Å²) in [6.45, 7) is 3.11. The largest absolute Gasteiger partial charge is 0.393 e. The SMILES string of the molecule is NS(=O)(=O)OCC1C[C@@H](Nc2ncncc2C(=O)c2cc(CN3CCn4ccnc4C3)cs2)C[C@@H]1O. The molecule has 1 aliphatic heterocycles. The number of thiophene rings is 1. The van der Waals surface area contributed by atoms with Gasteiger partial charge in [-0.25, -0.2) is 20.1 Å². The zero-order valence-corrected chi connectivity index (χ0v) is 21.0. The van der Waals surface area contributed by atoms with Gasteiger partial charge in [-0.15, -0.1) is 11.3 Å². The van der Waals surface area contributed by atoms with Gasteiger partial charge in [-0.2, -0.15) is 8.42 Å². The Balaban J connectivity index is 1.23. The molecule has 192 valence electrons. The number of hydrogen-bond acceptors (Lipinski definition) is 11. The number of carbonyl (C=O) groups is 1. The molecule has 0 amide bonds. The Kier molecular flexibility index (Phi) is 7.14. The monoisotopic (exact) mass is 533 g/mol. The fraction of sp³-hybridized carbons (Fsp3) is 0.455. The van der Waals surface area contributed by atoms with E-state index in [4.69, 9.17) is 5.14 Å². The molecule has 1 fully saturated rings. The molecule has 4 N–H and O–H groups in total. The van der Waals surface area contributed by atoms with E-state index in [1.807, 2.05) is 23.8 Å². The molecular weight excluding hydrogens is 506 g/mol. The molecule has 0 saturated heterocycles. The highest BCUT2D eigenvalue weighted by Gasteiger charge is 2.35. The van der Waals surface area contributed by atoms with Crippen molar-refractivity contribution in [3.63, 3.8) is 0 Å². The number of hydrogen-bond donors (Lipinski definition) is 3. The Bertz CT molecular complexity index is 1340. The molecule has 5 rings (SSSR count). The van der Waals surface area contributed by atoms with Crippen LogP contribution in [0.3, 0.4) is 0 Å². The third-order valence-corrected chi connectivity index (χ3v) is 7.95. The summed E-state index contributed by atoms with van der Waals surface area (Å²) in [5.74, 6) is 0.823. The highest BCUT2D eigenvalue weighted by atomic mass is 32.2. The van der Waals surface area contributed by atoms with Gasteiger partial charge >= 0.3 is 10.3 Å². The van der Waals surface area contributed by atoms with Gasteiger partial charge < -0.3 is 15.0 Å². The van der Waals surface area contributed by atoms with Crippen molar-refractivity contribution in [1.29, 1.82) is 0 Å². The summed E-state index contributed by atoms with van der Waals surface area (Å²) >= 11 is 1.38. The Labute approximate surface area is 212 Å². The van der Waals surface area contributed by atoms with Crippen LogP contribution in [0.25, 0.3) is 0 Å². The van der Waals surface area contributed by atoms with Crippen LogP contribution in [0.5, 0.6) is 0 Å². The van der Waals surface area contributed by atoms with Crippen LogP contribution >= 0.6 is 11.3 Å². The highest BCUT2D eigenvalue weighted by molar-refractivity contribution is 7.84. The predicted molar refractivity (Wildman–Crippen MR) is 131 cm³/mol. The number of rotatable bonds is 9. The Hall–Kier alpha value is -2.75. The molecule has 0 spiro atoms. The first-order valence-electron chi connectivity index (χ1n) is 11.5. The van der Waals surface area contributed by atoms with Crippen molar-refractivity contribution in [3.8, 4) is 0 Å². The van der Waals surface area contributed by atoms with Gasteiger partial charge in [-0.3, -0.25) is 13.9 Å². The van der Waals surface area contributed by atoms with Crippen LogP contribution in [0.15, 0.2) is 36.4 Å². The van der Waals surface area contributed by atoms with Crippen molar-refractivity contribution in [2.24, 2.45) is 11.1 Å². The number of carbonyl (C=O) groups excluding carboxylic acids is 1. The summed E-state index contributed by atoms with van der Waals surface area (Å²) in [6.07, 6.45) is 6.67. The van der Waals surface area contributed by atoms with E-state index < -0.39 is 22.3 Å². The van der Waals surface area contributed by atoms with Gasteiger partial charge in [0.1, 0.15) is 18.0 Å². The van der Waals surface area contributed by atoms with Crippen LogP contribution in [0.1, 0.15) is 39.5 Å². The number of nitrogens with zero attached hydrogens (tertiary/aromatic N) is 5. The molecular formula is C22H27N7O5S2. The normalized spacial score (nSPS) is 22.4. The Morgan fingerprint density at radius 2 is 2.17 bits per heavy atom. The number of aromatic nitrogens is 4. The van der Waals surface area contributed by atoms with E-state index in [2.05, 4.69) is 33.9 Å². The smallest absolute Gasteiger partial charge is 0.333 e. The Morgan fingerprint density at radius 1 is 1.31 bits per heavy atom. The molecule has 3 atom stereocenters. The lowest BCUT2D eigenvalue weighted by atomic mass is 10.1. The maximum Gasteiger partial charge on any atom is 0.333 e. The lowest BCUT2D eigenvalue weighted by molar-refractivity contribution is 0.101. The van der Waals surface area contributed by atoms with Crippen LogP contribution in [0.2, 0.25) is 0 Å². The van der Waals surface area contributed by atoms with Crippen molar-refractivity contribution < 1.29 is 22.5 Å². The number of ketones is 1. The average Bonchev–Trinajstić information content (AvgIpc) is 3.57. The first kappa shape index (κ1) is 24.9. The molecule has 2 aliphatic rings. The second-order valence-electron chi connectivity index (χ2n) is 9.10. The summed E-state index contributed by atoms with van der Waals surface area (Å²) in [4.78, 5) is 28.9. The van der Waals surface area contributed by atoms with Crippen molar-refractivity contribution in [2.75, 3.05) is 18.5 Å². The minimum Gasteiger partial charge on any atom is -0.393 e. The van der Waals surface area contributed by atoms with Crippen molar-refractivity contribution >= 4 is 33.2 Å². The quantitative estimate of drug-likeness (QED) is 0.334. The molecule has 12 nitrogen and oxygen atoms in total. The topological polar surface area (TPSA) is 166 Å². The fourth-order valence-electron chi connectivity index (χ4n) is 4.71. The molecule has 1 unspecified atom stereocenters. The number of aliphatic hydroxyl groups excluding tert-OH is 1. The van der Waals surface area contributed by atoms with Gasteiger partial charge in [0.25, 0.3) is 0 Å². The number of anilines is 1. The fourth-order valence-corrected chi connectivity index (χ4v) is 5.93. The molecule has 0 aromatic carbocycles. The number of nitrogens with two attached hydrogens (primary N) is 1. The van der Waals surface area contributed by atoms with E-state index in [-0.39, 0.29) is 18.4 Å². The van der Waals surface area contributed by atoms with E-state index in [0.717, 1.165) is 37.6 Å². The molecule has 1 aliphatic carbocycles. The Morgan fingerprint density at radius 3 is 3.00 bits per heavy atom. The minimum absolute atomic E-state index is 0.184. The van der Waals surface area contributed by atoms with Gasteiger partial charge in [-0.05, 0) is 29.9 Å². The second kappa shape index (κ2) is 10.3. The van der Waals surface area contributed by atoms with Crippen molar-refractivity contribution in [2.45, 2.75) is 44.6 Å². The maximum atomic E-state index is 13.3. The summed E-state index contributed by atoms with van der Waals surface area (Å²) < 4.78 is 28.9. The van der Waals surface area contributed by atoms with Crippen LogP contribution in [-0.4, -0.2) is 69.0 Å². The maximum absolute atomic E-state index is 13.3. The van der Waals surface area contributed by atoms with Crippen LogP contribution < -0.4 is 10.5 Å². The van der Waals surface area contributed by atoms with E-state index >= 15 is 0 Å². The van der Waals surface area contributed by atoms with Crippen LogP contribution in [0.4, 0.5) is 5.82 Å². The van der Waals surface area contributed by atoms with Crippen LogP contribution in [0, 0.1) is 5.92 Å². The van der Waals surface area contributed by atoms with Gasteiger partial charge in [0.2, 0.25) is 5.78 Å². The highest BCUT2D eigenvalue weighted by Crippen LogP contribution is 2.30. The first-order valence-corrected chi connectivity index (χ1v) is 13.9. The van der Waals surface area contributed by atoms with E-state index in [0.29, 0.717) is 29.1 Å². The summed E-state index contributed by atoms with van der Waals surface area (Å²) in [7, 11) is -4.08. The second-order valence-corrected chi connectivity index (χ2v) is 11.2. The third-order valence-electron chi connectivity index (χ3n) is 6.51. The van der Waals surface area contributed by atoms with Gasteiger partial charge in [0.15, 0.2) is 0 Å². The molecule has 3 aromatic rings. The lowest BCUT2D eigenvalue weighted by Gasteiger charge is -2.27. The van der Waals surface area contributed by atoms with E-state index in [9.17, 15) is 18.3 Å². The van der Waals surface area contributed by atoms with Crippen LogP contribution in [-0.2, 0) is 34.1 Å². The van der Waals surface area contributed by atoms with E-state index in [1.165, 1.54) is 23.9 Å². The van der Waals surface area contributed by atoms with Gasteiger partial charge in [0.05, 0.1) is 29.7 Å². The number of fused-ring (bicyclic) bond motifs is 1.